The third kappa shape index (κ3) is 2.36. The van der Waals surface area contributed by atoms with Gasteiger partial charge in [-0.3, -0.25) is 0 Å². The molecule has 0 saturated carbocycles. The molecule has 0 heterocycles. The first-order valence-electron chi connectivity index (χ1n) is 3.11. The minimum absolute atomic E-state index is 0.0572. The lowest BCUT2D eigenvalue weighted by Crippen LogP contribution is -1.95. The van der Waals surface area contributed by atoms with Crippen molar-refractivity contribution in [2.75, 3.05) is 0 Å². The molecular formula is C7H6BrFO2S. The molecule has 0 spiro atoms. The lowest BCUT2D eigenvalue weighted by molar-refractivity contribution is 0.563. The Balaban J connectivity index is 3.00. The van der Waals surface area contributed by atoms with Crippen LogP contribution in [-0.4, -0.2) is 8.76 Å². The molecule has 1 N–H and O–H groups in total. The van der Waals surface area contributed by atoms with E-state index in [0.717, 1.165) is 0 Å². The minimum atomic E-state index is -1.93. The summed E-state index contributed by atoms with van der Waals surface area (Å²) in [5.74, 6) is -0.476. The van der Waals surface area contributed by atoms with Crippen LogP contribution in [-0.2, 0) is 16.8 Å². The SMILES string of the molecule is O=S(O)Cc1cccc(F)c1Br. The quantitative estimate of drug-likeness (QED) is 0.821. The second kappa shape index (κ2) is 4.11. The Kier molecular flexibility index (Phi) is 3.37. The van der Waals surface area contributed by atoms with Gasteiger partial charge in [-0.25, -0.2) is 8.60 Å². The van der Waals surface area contributed by atoms with Crippen molar-refractivity contribution in [1.29, 1.82) is 0 Å². The van der Waals surface area contributed by atoms with E-state index in [0.29, 0.717) is 5.56 Å². The van der Waals surface area contributed by atoms with E-state index >= 15 is 0 Å². The van der Waals surface area contributed by atoms with Crippen molar-refractivity contribution in [3.63, 3.8) is 0 Å². The number of halogens is 2. The highest BCUT2D eigenvalue weighted by atomic mass is 79.9. The van der Waals surface area contributed by atoms with E-state index in [9.17, 15) is 8.60 Å². The van der Waals surface area contributed by atoms with Crippen LogP contribution in [0.1, 0.15) is 5.56 Å². The van der Waals surface area contributed by atoms with Gasteiger partial charge in [-0.05, 0) is 27.6 Å². The monoisotopic (exact) mass is 252 g/mol. The molecule has 5 heteroatoms. The summed E-state index contributed by atoms with van der Waals surface area (Å²) in [5.41, 5.74) is 0.496. The van der Waals surface area contributed by atoms with Crippen molar-refractivity contribution in [2.45, 2.75) is 5.75 Å². The van der Waals surface area contributed by atoms with Crippen molar-refractivity contribution in [3.8, 4) is 0 Å². The van der Waals surface area contributed by atoms with Crippen molar-refractivity contribution in [1.82, 2.24) is 0 Å². The normalized spacial score (nSPS) is 12.9. The third-order valence-electron chi connectivity index (χ3n) is 1.31. The predicted octanol–water partition coefficient (Wildman–Crippen LogP) is 2.31. The van der Waals surface area contributed by atoms with Crippen LogP contribution in [0.5, 0.6) is 0 Å². The zero-order valence-corrected chi connectivity index (χ0v) is 8.36. The summed E-state index contributed by atoms with van der Waals surface area (Å²) in [6.45, 7) is 0. The zero-order chi connectivity index (χ0) is 9.14. The van der Waals surface area contributed by atoms with E-state index < -0.39 is 16.9 Å². The highest BCUT2D eigenvalue weighted by molar-refractivity contribution is 9.10. The number of hydrogen-bond acceptors (Lipinski definition) is 1. The molecule has 0 aliphatic carbocycles. The number of benzene rings is 1. The van der Waals surface area contributed by atoms with Crippen molar-refractivity contribution in [2.24, 2.45) is 0 Å². The summed E-state index contributed by atoms with van der Waals surface area (Å²) in [4.78, 5) is 0. The predicted molar refractivity (Wildman–Crippen MR) is 48.6 cm³/mol. The Morgan fingerprint density at radius 3 is 2.83 bits per heavy atom. The maximum absolute atomic E-state index is 12.8. The number of rotatable bonds is 2. The zero-order valence-electron chi connectivity index (χ0n) is 5.96. The Morgan fingerprint density at radius 1 is 1.58 bits per heavy atom. The summed E-state index contributed by atoms with van der Waals surface area (Å²) in [7, 11) is 0. The second-order valence-corrected chi connectivity index (χ2v) is 3.90. The Bertz CT molecular complexity index is 316. The van der Waals surface area contributed by atoms with Crippen LogP contribution in [0.4, 0.5) is 4.39 Å². The van der Waals surface area contributed by atoms with E-state index in [1.165, 1.54) is 12.1 Å². The van der Waals surface area contributed by atoms with Crippen LogP contribution in [0.25, 0.3) is 0 Å². The molecule has 0 aliphatic heterocycles. The summed E-state index contributed by atoms with van der Waals surface area (Å²) in [5, 5.41) is 0. The van der Waals surface area contributed by atoms with Crippen LogP contribution >= 0.6 is 15.9 Å². The van der Waals surface area contributed by atoms with Crippen LogP contribution in [0.15, 0.2) is 22.7 Å². The fourth-order valence-corrected chi connectivity index (χ4v) is 1.89. The second-order valence-electron chi connectivity index (χ2n) is 2.18. The summed E-state index contributed by atoms with van der Waals surface area (Å²) in [6.07, 6.45) is 0. The van der Waals surface area contributed by atoms with Gasteiger partial charge in [-0.1, -0.05) is 12.1 Å². The molecule has 0 fully saturated rings. The van der Waals surface area contributed by atoms with E-state index in [4.69, 9.17) is 4.55 Å². The van der Waals surface area contributed by atoms with Gasteiger partial charge in [0.1, 0.15) is 5.82 Å². The smallest absolute Gasteiger partial charge is 0.157 e. The molecule has 0 amide bonds. The van der Waals surface area contributed by atoms with Gasteiger partial charge < -0.3 is 4.55 Å². The van der Waals surface area contributed by atoms with Crippen LogP contribution in [0.2, 0.25) is 0 Å². The molecule has 1 rings (SSSR count). The molecule has 1 aromatic rings. The topological polar surface area (TPSA) is 37.3 Å². The maximum atomic E-state index is 12.8. The molecule has 66 valence electrons. The van der Waals surface area contributed by atoms with Crippen LogP contribution in [0, 0.1) is 5.82 Å². The molecule has 1 aromatic carbocycles. The molecule has 1 unspecified atom stereocenters. The average molecular weight is 253 g/mol. The Morgan fingerprint density at radius 2 is 2.25 bits per heavy atom. The summed E-state index contributed by atoms with van der Waals surface area (Å²) < 4.78 is 32.0. The van der Waals surface area contributed by atoms with E-state index in [-0.39, 0.29) is 10.2 Å². The lowest BCUT2D eigenvalue weighted by Gasteiger charge is -2.01. The standard InChI is InChI=1S/C7H6BrFO2S/c8-7-5(4-12(10)11)2-1-3-6(7)9/h1-3H,4H2,(H,10,11). The van der Waals surface area contributed by atoms with Gasteiger partial charge in [-0.15, -0.1) is 0 Å². The average Bonchev–Trinajstić information content (AvgIpc) is 1.98. The van der Waals surface area contributed by atoms with Crippen LogP contribution < -0.4 is 0 Å². The Hall–Kier alpha value is -0.260. The van der Waals surface area contributed by atoms with Gasteiger partial charge >= 0.3 is 0 Å². The van der Waals surface area contributed by atoms with Crippen LogP contribution in [0.3, 0.4) is 0 Å². The molecule has 0 bridgehead atoms. The lowest BCUT2D eigenvalue weighted by atomic mass is 10.2. The molecule has 0 saturated heterocycles. The van der Waals surface area contributed by atoms with Crippen molar-refractivity contribution in [3.05, 3.63) is 34.1 Å². The fourth-order valence-electron chi connectivity index (χ4n) is 0.793. The third-order valence-corrected chi connectivity index (χ3v) is 2.76. The molecule has 2 nitrogen and oxygen atoms in total. The largest absolute Gasteiger partial charge is 0.306 e. The summed E-state index contributed by atoms with van der Waals surface area (Å²) >= 11 is 1.06. The highest BCUT2D eigenvalue weighted by Gasteiger charge is 2.06. The van der Waals surface area contributed by atoms with E-state index in [2.05, 4.69) is 15.9 Å². The first-order valence-corrected chi connectivity index (χ1v) is 5.18. The molecule has 0 aromatic heterocycles. The molecular weight excluding hydrogens is 247 g/mol. The van der Waals surface area contributed by atoms with Gasteiger partial charge in [0.15, 0.2) is 11.1 Å². The number of hydrogen-bond donors (Lipinski definition) is 1. The van der Waals surface area contributed by atoms with Gasteiger partial charge in [0.05, 0.1) is 10.2 Å². The Labute approximate surface area is 80.2 Å². The van der Waals surface area contributed by atoms with Crippen molar-refractivity contribution < 1.29 is 13.2 Å². The van der Waals surface area contributed by atoms with E-state index in [1.54, 1.807) is 6.07 Å². The molecule has 0 aliphatic rings. The van der Waals surface area contributed by atoms with Crippen molar-refractivity contribution >= 4 is 27.0 Å². The van der Waals surface area contributed by atoms with Gasteiger partial charge in [0, 0.05) is 0 Å². The molecule has 12 heavy (non-hydrogen) atoms. The molecule has 0 radical (unpaired) electrons. The van der Waals surface area contributed by atoms with Gasteiger partial charge in [-0.2, -0.15) is 0 Å². The maximum Gasteiger partial charge on any atom is 0.157 e. The van der Waals surface area contributed by atoms with Gasteiger partial charge in [0.25, 0.3) is 0 Å². The van der Waals surface area contributed by atoms with Gasteiger partial charge in [0.2, 0.25) is 0 Å². The van der Waals surface area contributed by atoms with E-state index in [1.807, 2.05) is 0 Å². The first-order chi connectivity index (χ1) is 5.61. The molecule has 1 atom stereocenters. The minimum Gasteiger partial charge on any atom is -0.306 e. The fraction of sp³-hybridized carbons (Fsp3) is 0.143. The first kappa shape index (κ1) is 9.83. The summed E-state index contributed by atoms with van der Waals surface area (Å²) in [6, 6.07) is 4.39. The highest BCUT2D eigenvalue weighted by Crippen LogP contribution is 2.21.